The molecule has 1 rings (SSSR count). The van der Waals surface area contributed by atoms with Crippen molar-refractivity contribution in [3.63, 3.8) is 0 Å². The van der Waals surface area contributed by atoms with Crippen molar-refractivity contribution in [2.24, 2.45) is 0 Å². The van der Waals surface area contributed by atoms with Crippen molar-refractivity contribution in [3.05, 3.63) is 23.8 Å². The minimum absolute atomic E-state index is 0.0660. The first-order valence-electron chi connectivity index (χ1n) is 6.88. The second-order valence-corrected chi connectivity index (χ2v) is 6.08. The fourth-order valence-electron chi connectivity index (χ4n) is 2.13. The summed E-state index contributed by atoms with van der Waals surface area (Å²) in [5, 5.41) is 3.33. The third kappa shape index (κ3) is 4.13. The van der Waals surface area contributed by atoms with Crippen LogP contribution in [0, 0.1) is 0 Å². The van der Waals surface area contributed by atoms with Gasteiger partial charge in [-0.3, -0.25) is 0 Å². The number of benzene rings is 1. The van der Waals surface area contributed by atoms with E-state index < -0.39 is 0 Å². The van der Waals surface area contributed by atoms with Gasteiger partial charge in [-0.25, -0.2) is 0 Å². The molecule has 0 aliphatic heterocycles. The molecule has 0 bridgehead atoms. The van der Waals surface area contributed by atoms with Gasteiger partial charge in [0.05, 0.1) is 12.8 Å². The van der Waals surface area contributed by atoms with Crippen molar-refractivity contribution in [1.29, 1.82) is 0 Å². The van der Waals surface area contributed by atoms with E-state index in [1.807, 2.05) is 7.05 Å². The van der Waals surface area contributed by atoms with Gasteiger partial charge in [-0.2, -0.15) is 0 Å². The highest BCUT2D eigenvalue weighted by atomic mass is 16.5. The molecule has 19 heavy (non-hydrogen) atoms. The van der Waals surface area contributed by atoms with Crippen LogP contribution in [0.5, 0.6) is 5.75 Å². The van der Waals surface area contributed by atoms with E-state index in [9.17, 15) is 0 Å². The van der Waals surface area contributed by atoms with Gasteiger partial charge in [-0.05, 0) is 44.5 Å². The lowest BCUT2D eigenvalue weighted by atomic mass is 10.0. The molecule has 1 aromatic carbocycles. The standard InChI is InChI=1S/C16H28N2O/c1-12(2)13-8-9-14(15(10-13)19-7)18(6)11-16(3,4)17-5/h8-10,12,17H,11H2,1-7H3. The number of nitrogens with zero attached hydrogens (tertiary/aromatic N) is 1. The summed E-state index contributed by atoms with van der Waals surface area (Å²) < 4.78 is 5.54. The lowest BCUT2D eigenvalue weighted by Gasteiger charge is -2.32. The van der Waals surface area contributed by atoms with E-state index in [0.29, 0.717) is 5.92 Å². The molecule has 1 N–H and O–H groups in total. The topological polar surface area (TPSA) is 24.5 Å². The van der Waals surface area contributed by atoms with Crippen LogP contribution < -0.4 is 15.0 Å². The first-order valence-corrected chi connectivity index (χ1v) is 6.88. The van der Waals surface area contributed by atoms with Gasteiger partial charge in [-0.1, -0.05) is 19.9 Å². The summed E-state index contributed by atoms with van der Waals surface area (Å²) in [5.74, 6) is 1.46. The highest BCUT2D eigenvalue weighted by Gasteiger charge is 2.19. The summed E-state index contributed by atoms with van der Waals surface area (Å²) in [6.07, 6.45) is 0. The Hall–Kier alpha value is -1.22. The van der Waals surface area contributed by atoms with Gasteiger partial charge in [-0.15, -0.1) is 0 Å². The van der Waals surface area contributed by atoms with Gasteiger partial charge < -0.3 is 15.0 Å². The quantitative estimate of drug-likeness (QED) is 0.853. The average molecular weight is 264 g/mol. The minimum Gasteiger partial charge on any atom is -0.495 e. The number of hydrogen-bond donors (Lipinski definition) is 1. The molecule has 0 fully saturated rings. The molecular formula is C16H28N2O. The monoisotopic (exact) mass is 264 g/mol. The summed E-state index contributed by atoms with van der Waals surface area (Å²) in [5.41, 5.74) is 2.51. The number of nitrogens with one attached hydrogen (secondary N) is 1. The number of anilines is 1. The molecule has 0 aromatic heterocycles. The molecule has 0 saturated heterocycles. The minimum atomic E-state index is 0.0660. The molecule has 0 unspecified atom stereocenters. The molecular weight excluding hydrogens is 236 g/mol. The first-order chi connectivity index (χ1) is 8.80. The van der Waals surface area contributed by atoms with Crippen LogP contribution in [0.1, 0.15) is 39.2 Å². The van der Waals surface area contributed by atoms with Crippen LogP contribution in [0.3, 0.4) is 0 Å². The van der Waals surface area contributed by atoms with Gasteiger partial charge >= 0.3 is 0 Å². The summed E-state index contributed by atoms with van der Waals surface area (Å²) in [7, 11) is 5.83. The van der Waals surface area contributed by atoms with E-state index in [1.165, 1.54) is 5.56 Å². The smallest absolute Gasteiger partial charge is 0.142 e. The second-order valence-electron chi connectivity index (χ2n) is 6.08. The highest BCUT2D eigenvalue weighted by Crippen LogP contribution is 2.31. The molecule has 3 heteroatoms. The molecule has 0 atom stereocenters. The summed E-state index contributed by atoms with van der Waals surface area (Å²) in [4.78, 5) is 2.24. The van der Waals surface area contributed by atoms with Crippen LogP contribution in [-0.4, -0.2) is 33.3 Å². The Morgan fingerprint density at radius 3 is 2.42 bits per heavy atom. The Labute approximate surface area is 118 Å². The molecule has 108 valence electrons. The molecule has 0 aliphatic rings. The number of methoxy groups -OCH3 is 1. The third-order valence-electron chi connectivity index (χ3n) is 3.59. The van der Waals surface area contributed by atoms with Crippen LogP contribution in [0.25, 0.3) is 0 Å². The molecule has 0 radical (unpaired) electrons. The van der Waals surface area contributed by atoms with Crippen molar-refractivity contribution in [3.8, 4) is 5.75 Å². The third-order valence-corrected chi connectivity index (χ3v) is 3.59. The lowest BCUT2D eigenvalue weighted by molar-refractivity contribution is 0.405. The van der Waals surface area contributed by atoms with Crippen LogP contribution in [0.15, 0.2) is 18.2 Å². The maximum absolute atomic E-state index is 5.54. The van der Waals surface area contributed by atoms with Crippen LogP contribution in [0.2, 0.25) is 0 Å². The molecule has 0 aliphatic carbocycles. The van der Waals surface area contributed by atoms with Gasteiger partial charge in [0.1, 0.15) is 5.75 Å². The van der Waals surface area contributed by atoms with Crippen LogP contribution in [-0.2, 0) is 0 Å². The second kappa shape index (κ2) is 6.29. The zero-order valence-corrected chi connectivity index (χ0v) is 13.4. The maximum atomic E-state index is 5.54. The summed E-state index contributed by atoms with van der Waals surface area (Å²) in [6.45, 7) is 9.70. The van der Waals surface area contributed by atoms with Crippen molar-refractivity contribution in [2.75, 3.05) is 32.6 Å². The normalized spacial score (nSPS) is 11.8. The van der Waals surface area contributed by atoms with Crippen molar-refractivity contribution in [2.45, 2.75) is 39.2 Å². The molecule has 1 aromatic rings. The fraction of sp³-hybridized carbons (Fsp3) is 0.625. The van der Waals surface area contributed by atoms with Crippen LogP contribution in [0.4, 0.5) is 5.69 Å². The number of ether oxygens (including phenoxy) is 1. The van der Waals surface area contributed by atoms with Crippen molar-refractivity contribution >= 4 is 5.69 Å². The predicted molar refractivity (Wildman–Crippen MR) is 83.5 cm³/mol. The average Bonchev–Trinajstić information content (AvgIpc) is 2.37. The lowest BCUT2D eigenvalue weighted by Crippen LogP contribution is -2.46. The van der Waals surface area contributed by atoms with E-state index in [-0.39, 0.29) is 5.54 Å². The summed E-state index contributed by atoms with van der Waals surface area (Å²) in [6, 6.07) is 6.48. The maximum Gasteiger partial charge on any atom is 0.142 e. The van der Waals surface area contributed by atoms with E-state index in [2.05, 4.69) is 63.2 Å². The molecule has 0 spiro atoms. The predicted octanol–water partition coefficient (Wildman–Crippen LogP) is 3.25. The van der Waals surface area contributed by atoms with Gasteiger partial charge in [0, 0.05) is 19.1 Å². The van der Waals surface area contributed by atoms with Gasteiger partial charge in [0.25, 0.3) is 0 Å². The fourth-order valence-corrected chi connectivity index (χ4v) is 2.13. The zero-order chi connectivity index (χ0) is 14.6. The van der Waals surface area contributed by atoms with E-state index in [1.54, 1.807) is 7.11 Å². The number of likely N-dealkylation sites (N-methyl/N-ethyl adjacent to an activating group) is 2. The molecule has 0 amide bonds. The molecule has 0 heterocycles. The number of rotatable bonds is 6. The van der Waals surface area contributed by atoms with E-state index in [4.69, 9.17) is 4.74 Å². The largest absolute Gasteiger partial charge is 0.495 e. The van der Waals surface area contributed by atoms with Gasteiger partial charge in [0.15, 0.2) is 0 Å². The zero-order valence-electron chi connectivity index (χ0n) is 13.4. The van der Waals surface area contributed by atoms with Gasteiger partial charge in [0.2, 0.25) is 0 Å². The Morgan fingerprint density at radius 2 is 1.95 bits per heavy atom. The Balaban J connectivity index is 3.00. The van der Waals surface area contributed by atoms with Crippen molar-refractivity contribution in [1.82, 2.24) is 5.32 Å². The van der Waals surface area contributed by atoms with E-state index in [0.717, 1.165) is 18.0 Å². The summed E-state index contributed by atoms with van der Waals surface area (Å²) >= 11 is 0. The van der Waals surface area contributed by atoms with E-state index >= 15 is 0 Å². The van der Waals surface area contributed by atoms with Crippen molar-refractivity contribution < 1.29 is 4.74 Å². The highest BCUT2D eigenvalue weighted by molar-refractivity contribution is 5.60. The van der Waals surface area contributed by atoms with Crippen LogP contribution >= 0.6 is 0 Å². The number of hydrogen-bond acceptors (Lipinski definition) is 3. The Bertz CT molecular complexity index is 413. The molecule has 0 saturated carbocycles. The first kappa shape index (κ1) is 15.8. The molecule has 3 nitrogen and oxygen atoms in total. The Morgan fingerprint density at radius 1 is 1.32 bits per heavy atom. The Kier molecular flexibility index (Phi) is 5.24. The SMILES string of the molecule is CNC(C)(C)CN(C)c1ccc(C(C)C)cc1OC.